The quantitative estimate of drug-likeness (QED) is 0.613. The van der Waals surface area contributed by atoms with Crippen LogP contribution >= 0.6 is 0 Å². The zero-order chi connectivity index (χ0) is 7.28. The largest absolute Gasteiger partial charge is 0.387 e. The fraction of sp³-hybridized carbons (Fsp3) is 0.750. The van der Waals surface area contributed by atoms with Gasteiger partial charge in [0.2, 0.25) is 0 Å². The molecule has 0 aromatic rings. The van der Waals surface area contributed by atoms with Gasteiger partial charge >= 0.3 is 0 Å². The second-order valence-electron chi connectivity index (χ2n) is 2.59. The second kappa shape index (κ2) is 4.42. The highest BCUT2D eigenvalue weighted by molar-refractivity contribution is 4.95. The molecule has 0 aliphatic rings. The van der Waals surface area contributed by atoms with E-state index < -0.39 is 0 Å². The first-order valence-electron chi connectivity index (χ1n) is 3.60. The zero-order valence-electron chi connectivity index (χ0n) is 6.86. The molecule has 1 N–H and O–H groups in total. The minimum absolute atomic E-state index is 0.563. The van der Waals surface area contributed by atoms with Crippen molar-refractivity contribution in [2.24, 2.45) is 0 Å². The summed E-state index contributed by atoms with van der Waals surface area (Å²) < 4.78 is 0. The van der Waals surface area contributed by atoms with Crippen molar-refractivity contribution in [2.45, 2.75) is 40.2 Å². The topological polar surface area (TPSA) is 12.0 Å². The molecule has 0 aromatic carbocycles. The van der Waals surface area contributed by atoms with Crippen LogP contribution in [0.25, 0.3) is 0 Å². The van der Waals surface area contributed by atoms with E-state index in [0.717, 1.165) is 6.42 Å². The van der Waals surface area contributed by atoms with Crippen LogP contribution in [0.2, 0.25) is 0 Å². The summed E-state index contributed by atoms with van der Waals surface area (Å²) in [4.78, 5) is 0. The highest BCUT2D eigenvalue weighted by atomic mass is 14.9. The molecule has 0 aliphatic carbocycles. The maximum absolute atomic E-state index is 3.30. The van der Waals surface area contributed by atoms with Gasteiger partial charge in [0, 0.05) is 11.7 Å². The predicted octanol–water partition coefficient (Wildman–Crippen LogP) is 2.30. The molecule has 0 rings (SSSR count). The van der Waals surface area contributed by atoms with Crippen LogP contribution in [0, 0.1) is 0 Å². The van der Waals surface area contributed by atoms with Crippen molar-refractivity contribution >= 4 is 0 Å². The summed E-state index contributed by atoms with van der Waals surface area (Å²) in [6.45, 7) is 8.54. The van der Waals surface area contributed by atoms with E-state index in [2.05, 4.69) is 39.1 Å². The van der Waals surface area contributed by atoms with E-state index in [9.17, 15) is 0 Å². The molecule has 1 heteroatoms. The molecule has 0 fully saturated rings. The van der Waals surface area contributed by atoms with Crippen LogP contribution in [0.4, 0.5) is 0 Å². The fourth-order valence-corrected chi connectivity index (χ4v) is 0.820. The number of nitrogens with one attached hydrogen (secondary N) is 1. The number of rotatable bonds is 3. The third kappa shape index (κ3) is 5.41. The summed E-state index contributed by atoms with van der Waals surface area (Å²) >= 11 is 0. The Bertz CT molecular complexity index is 92.7. The molecule has 0 amide bonds. The van der Waals surface area contributed by atoms with Gasteiger partial charge in [0.1, 0.15) is 0 Å². The summed E-state index contributed by atoms with van der Waals surface area (Å²) in [5, 5.41) is 3.30. The van der Waals surface area contributed by atoms with Crippen molar-refractivity contribution in [1.82, 2.24) is 5.32 Å². The van der Waals surface area contributed by atoms with Gasteiger partial charge in [-0.15, -0.1) is 0 Å². The van der Waals surface area contributed by atoms with E-state index in [1.54, 1.807) is 0 Å². The molecule has 1 nitrogen and oxygen atoms in total. The van der Waals surface area contributed by atoms with Gasteiger partial charge < -0.3 is 5.32 Å². The maximum atomic E-state index is 3.30. The predicted molar refractivity (Wildman–Crippen MR) is 42.3 cm³/mol. The van der Waals surface area contributed by atoms with Gasteiger partial charge in [0.25, 0.3) is 0 Å². The Morgan fingerprint density at radius 2 is 2.11 bits per heavy atom. The van der Waals surface area contributed by atoms with Crippen LogP contribution < -0.4 is 5.32 Å². The molecule has 0 aliphatic heterocycles. The number of allylic oxidation sites excluding steroid dienone is 2. The normalized spacial score (nSPS) is 12.3. The minimum Gasteiger partial charge on any atom is -0.387 e. The Hall–Kier alpha value is -0.460. The van der Waals surface area contributed by atoms with Crippen molar-refractivity contribution in [3.8, 4) is 0 Å². The molecule has 0 spiro atoms. The summed E-state index contributed by atoms with van der Waals surface area (Å²) in [5.41, 5.74) is 1.28. The summed E-state index contributed by atoms with van der Waals surface area (Å²) in [5.74, 6) is 0. The Kier molecular flexibility index (Phi) is 4.20. The average molecular weight is 127 g/mol. The highest BCUT2D eigenvalue weighted by Crippen LogP contribution is 1.91. The Labute approximate surface area is 58.2 Å². The van der Waals surface area contributed by atoms with Gasteiger partial charge in [-0.2, -0.15) is 0 Å². The van der Waals surface area contributed by atoms with Gasteiger partial charge in [-0.05, 0) is 27.2 Å². The molecule has 9 heavy (non-hydrogen) atoms. The van der Waals surface area contributed by atoms with Crippen LogP contribution in [0.15, 0.2) is 11.8 Å². The van der Waals surface area contributed by atoms with Crippen LogP contribution in [0.3, 0.4) is 0 Å². The highest BCUT2D eigenvalue weighted by Gasteiger charge is 1.89. The van der Waals surface area contributed by atoms with E-state index in [0.29, 0.717) is 6.04 Å². The first kappa shape index (κ1) is 8.54. The first-order valence-corrected chi connectivity index (χ1v) is 3.60. The van der Waals surface area contributed by atoms with E-state index in [-0.39, 0.29) is 0 Å². The maximum Gasteiger partial charge on any atom is 0.0201 e. The average Bonchev–Trinajstić information content (AvgIpc) is 1.63. The molecule has 0 unspecified atom stereocenters. The van der Waals surface area contributed by atoms with Crippen molar-refractivity contribution in [1.29, 1.82) is 0 Å². The summed E-state index contributed by atoms with van der Waals surface area (Å²) in [6, 6.07) is 0.563. The van der Waals surface area contributed by atoms with Gasteiger partial charge in [-0.25, -0.2) is 0 Å². The monoisotopic (exact) mass is 127 g/mol. The van der Waals surface area contributed by atoms with Crippen molar-refractivity contribution < 1.29 is 0 Å². The molecule has 0 bridgehead atoms. The molecule has 0 saturated heterocycles. The second-order valence-corrected chi connectivity index (χ2v) is 2.59. The van der Waals surface area contributed by atoms with E-state index in [1.807, 2.05) is 0 Å². The molecular weight excluding hydrogens is 110 g/mol. The van der Waals surface area contributed by atoms with Gasteiger partial charge in [0.05, 0.1) is 0 Å². The lowest BCUT2D eigenvalue weighted by Crippen LogP contribution is -2.19. The van der Waals surface area contributed by atoms with Crippen LogP contribution in [-0.2, 0) is 0 Å². The van der Waals surface area contributed by atoms with Gasteiger partial charge in [-0.1, -0.05) is 13.0 Å². The number of hydrogen-bond acceptors (Lipinski definition) is 1. The third-order valence-electron chi connectivity index (χ3n) is 1.03. The molecule has 0 aromatic heterocycles. The molecule has 0 atom stereocenters. The lowest BCUT2D eigenvalue weighted by Gasteiger charge is -2.08. The Morgan fingerprint density at radius 3 is 2.44 bits per heavy atom. The number of hydrogen-bond donors (Lipinski definition) is 1. The standard InChI is InChI=1S/C8H17N/c1-5-6-8(4)9-7(2)3/h6-7,9H,5H2,1-4H3/b8-6-. The first-order chi connectivity index (χ1) is 4.16. The zero-order valence-corrected chi connectivity index (χ0v) is 6.86. The van der Waals surface area contributed by atoms with E-state index >= 15 is 0 Å². The van der Waals surface area contributed by atoms with E-state index in [4.69, 9.17) is 0 Å². The van der Waals surface area contributed by atoms with E-state index in [1.165, 1.54) is 5.70 Å². The van der Waals surface area contributed by atoms with Crippen LogP contribution in [0.5, 0.6) is 0 Å². The van der Waals surface area contributed by atoms with Crippen LogP contribution in [0.1, 0.15) is 34.1 Å². The molecule has 0 radical (unpaired) electrons. The molecule has 54 valence electrons. The Balaban J connectivity index is 3.49. The summed E-state index contributed by atoms with van der Waals surface area (Å²) in [6.07, 6.45) is 3.31. The Morgan fingerprint density at radius 1 is 1.56 bits per heavy atom. The van der Waals surface area contributed by atoms with Gasteiger partial charge in [-0.3, -0.25) is 0 Å². The fourth-order valence-electron chi connectivity index (χ4n) is 0.820. The van der Waals surface area contributed by atoms with Crippen molar-refractivity contribution in [2.75, 3.05) is 0 Å². The van der Waals surface area contributed by atoms with Gasteiger partial charge in [0.15, 0.2) is 0 Å². The lowest BCUT2D eigenvalue weighted by molar-refractivity contribution is 0.666. The summed E-state index contributed by atoms with van der Waals surface area (Å²) in [7, 11) is 0. The lowest BCUT2D eigenvalue weighted by atomic mass is 10.3. The van der Waals surface area contributed by atoms with Crippen LogP contribution in [-0.4, -0.2) is 6.04 Å². The third-order valence-corrected chi connectivity index (χ3v) is 1.03. The SMILES string of the molecule is CC/C=C(/C)NC(C)C. The minimum atomic E-state index is 0.563. The van der Waals surface area contributed by atoms with Crippen molar-refractivity contribution in [3.63, 3.8) is 0 Å². The van der Waals surface area contributed by atoms with Crippen molar-refractivity contribution in [3.05, 3.63) is 11.8 Å². The molecule has 0 saturated carbocycles. The molecular formula is C8H17N. The molecule has 0 heterocycles. The smallest absolute Gasteiger partial charge is 0.0201 e.